The van der Waals surface area contributed by atoms with Crippen LogP contribution in [0.1, 0.15) is 16.7 Å². The molecule has 0 spiro atoms. The molecule has 0 radical (unpaired) electrons. The highest BCUT2D eigenvalue weighted by Crippen LogP contribution is 2.39. The number of carbonyl (C=O) groups excluding carboxylic acids is 3. The Morgan fingerprint density at radius 3 is 2.25 bits per heavy atom. The number of aryl methyl sites for hydroxylation is 1. The van der Waals surface area contributed by atoms with Gasteiger partial charge >= 0.3 is 6.03 Å². The molecule has 2 aliphatic rings. The summed E-state index contributed by atoms with van der Waals surface area (Å²) in [5.41, 5.74) is 2.54. The third-order valence-corrected chi connectivity index (χ3v) is 4.47. The van der Waals surface area contributed by atoms with Crippen LogP contribution in [0.3, 0.4) is 0 Å². The van der Waals surface area contributed by atoms with Gasteiger partial charge in [0.15, 0.2) is 0 Å². The first-order chi connectivity index (χ1) is 13.5. The number of ether oxygens (including phenoxy) is 2. The van der Waals surface area contributed by atoms with Crippen molar-refractivity contribution in [3.8, 4) is 11.5 Å². The summed E-state index contributed by atoms with van der Waals surface area (Å²) < 4.78 is 11.2. The van der Waals surface area contributed by atoms with Crippen molar-refractivity contribution in [3.63, 3.8) is 0 Å². The van der Waals surface area contributed by atoms with Gasteiger partial charge in [-0.15, -0.1) is 0 Å². The zero-order valence-electron chi connectivity index (χ0n) is 15.2. The lowest BCUT2D eigenvalue weighted by Crippen LogP contribution is -2.51. The molecule has 0 aliphatic carbocycles. The van der Waals surface area contributed by atoms with Gasteiger partial charge in [-0.05, 0) is 49.4 Å². The maximum atomic E-state index is 12.4. The summed E-state index contributed by atoms with van der Waals surface area (Å²) in [6.45, 7) is 1.90. The van der Waals surface area contributed by atoms with Crippen LogP contribution in [0.2, 0.25) is 0 Å². The molecule has 4 rings (SSSR count). The smallest absolute Gasteiger partial charge is 0.328 e. The first-order valence-electron chi connectivity index (χ1n) is 8.52. The molecule has 0 aromatic heterocycles. The fraction of sp³-hybridized carbons (Fsp3) is 0.0952. The first kappa shape index (κ1) is 17.5. The Balaban J connectivity index is 1.91. The Morgan fingerprint density at radius 1 is 0.929 bits per heavy atom. The predicted molar refractivity (Wildman–Crippen MR) is 101 cm³/mol. The van der Waals surface area contributed by atoms with Gasteiger partial charge in [0.1, 0.15) is 22.8 Å². The van der Waals surface area contributed by atoms with Crippen LogP contribution >= 0.6 is 0 Å². The van der Waals surface area contributed by atoms with E-state index in [1.807, 2.05) is 31.2 Å². The van der Waals surface area contributed by atoms with Crippen molar-refractivity contribution in [3.05, 3.63) is 70.8 Å². The highest BCUT2D eigenvalue weighted by molar-refractivity contribution is 6.33. The van der Waals surface area contributed by atoms with Crippen molar-refractivity contribution in [1.29, 1.82) is 0 Å². The Morgan fingerprint density at radius 2 is 1.61 bits per heavy atom. The van der Waals surface area contributed by atoms with E-state index in [4.69, 9.17) is 9.47 Å². The number of benzene rings is 2. The zero-order chi connectivity index (χ0) is 19.8. The van der Waals surface area contributed by atoms with Gasteiger partial charge in [0, 0.05) is 16.7 Å². The summed E-state index contributed by atoms with van der Waals surface area (Å²) in [7, 11) is 1.58. The maximum Gasteiger partial charge on any atom is 0.328 e. The molecule has 2 heterocycles. The lowest BCUT2D eigenvalue weighted by Gasteiger charge is -2.24. The van der Waals surface area contributed by atoms with Crippen molar-refractivity contribution >= 4 is 29.2 Å². The second-order valence-corrected chi connectivity index (χ2v) is 6.36. The van der Waals surface area contributed by atoms with E-state index in [1.54, 1.807) is 31.4 Å². The number of amides is 4. The lowest BCUT2D eigenvalue weighted by molar-refractivity contribution is -0.123. The monoisotopic (exact) mass is 376 g/mol. The van der Waals surface area contributed by atoms with Gasteiger partial charge in [-0.25, -0.2) is 4.79 Å². The van der Waals surface area contributed by atoms with E-state index in [0.29, 0.717) is 28.4 Å². The normalized spacial score (nSPS) is 15.9. The molecular weight excluding hydrogens is 360 g/mol. The van der Waals surface area contributed by atoms with E-state index in [2.05, 4.69) is 10.6 Å². The Hall–Kier alpha value is -3.87. The minimum Gasteiger partial charge on any atom is -0.497 e. The summed E-state index contributed by atoms with van der Waals surface area (Å²) >= 11 is 0. The van der Waals surface area contributed by atoms with E-state index in [9.17, 15) is 14.4 Å². The van der Waals surface area contributed by atoms with Crippen molar-refractivity contribution in [2.24, 2.45) is 0 Å². The molecule has 0 saturated carbocycles. The average Bonchev–Trinajstić information content (AvgIpc) is 2.67. The molecule has 2 aromatic rings. The number of barbiturate groups is 1. The van der Waals surface area contributed by atoms with Crippen LogP contribution in [0, 0.1) is 6.92 Å². The van der Waals surface area contributed by atoms with E-state index < -0.39 is 17.8 Å². The molecule has 0 unspecified atom stereocenters. The third-order valence-electron chi connectivity index (χ3n) is 4.47. The molecule has 2 aliphatic heterocycles. The van der Waals surface area contributed by atoms with Gasteiger partial charge in [-0.3, -0.25) is 20.2 Å². The van der Waals surface area contributed by atoms with Crippen LogP contribution in [0.15, 0.2) is 54.1 Å². The van der Waals surface area contributed by atoms with E-state index in [0.717, 1.165) is 11.1 Å². The average molecular weight is 376 g/mol. The van der Waals surface area contributed by atoms with Crippen molar-refractivity contribution in [2.75, 3.05) is 7.11 Å². The van der Waals surface area contributed by atoms with E-state index in [-0.39, 0.29) is 5.57 Å². The van der Waals surface area contributed by atoms with Gasteiger partial charge in [-0.2, -0.15) is 0 Å². The van der Waals surface area contributed by atoms with Gasteiger partial charge in [0.25, 0.3) is 11.8 Å². The molecule has 2 aromatic carbocycles. The molecule has 140 valence electrons. The molecule has 0 bridgehead atoms. The lowest BCUT2D eigenvalue weighted by atomic mass is 9.92. The number of urea groups is 1. The SMILES string of the molecule is COc1ccc(C2=CC(=C3C(=O)NC(=O)NC3=O)c3cc(C)ccc3O2)cc1. The zero-order valence-corrected chi connectivity index (χ0v) is 15.2. The topological polar surface area (TPSA) is 93.7 Å². The number of carbonyl (C=O) groups is 3. The van der Waals surface area contributed by atoms with Crippen LogP contribution in [-0.4, -0.2) is 25.0 Å². The van der Waals surface area contributed by atoms with Crippen LogP contribution in [0.4, 0.5) is 4.79 Å². The van der Waals surface area contributed by atoms with Crippen molar-refractivity contribution in [1.82, 2.24) is 10.6 Å². The highest BCUT2D eigenvalue weighted by Gasteiger charge is 2.33. The summed E-state index contributed by atoms with van der Waals surface area (Å²) in [4.78, 5) is 36.2. The van der Waals surface area contributed by atoms with Gasteiger partial charge in [-0.1, -0.05) is 11.6 Å². The molecule has 4 amide bonds. The summed E-state index contributed by atoms with van der Waals surface area (Å²) in [6.07, 6.45) is 1.63. The third kappa shape index (κ3) is 3.03. The predicted octanol–water partition coefficient (Wildman–Crippen LogP) is 2.56. The summed E-state index contributed by atoms with van der Waals surface area (Å²) in [5.74, 6) is 0.184. The molecule has 1 fully saturated rings. The largest absolute Gasteiger partial charge is 0.497 e. The van der Waals surface area contributed by atoms with Crippen LogP contribution in [0.5, 0.6) is 11.5 Å². The number of nitrogens with one attached hydrogen (secondary N) is 2. The number of hydrogen-bond acceptors (Lipinski definition) is 5. The molecule has 1 saturated heterocycles. The number of rotatable bonds is 2. The molecular formula is C21H16N2O5. The Labute approximate surface area is 160 Å². The Bertz CT molecular complexity index is 1060. The summed E-state index contributed by atoms with van der Waals surface area (Å²) in [6, 6.07) is 11.9. The quantitative estimate of drug-likeness (QED) is 0.621. The van der Waals surface area contributed by atoms with Crippen LogP contribution < -0.4 is 20.1 Å². The van der Waals surface area contributed by atoms with E-state index in [1.165, 1.54) is 0 Å². The van der Waals surface area contributed by atoms with Gasteiger partial charge < -0.3 is 9.47 Å². The maximum absolute atomic E-state index is 12.4. The van der Waals surface area contributed by atoms with Crippen LogP contribution in [-0.2, 0) is 9.59 Å². The van der Waals surface area contributed by atoms with Crippen molar-refractivity contribution < 1.29 is 23.9 Å². The Kier molecular flexibility index (Phi) is 4.19. The number of imide groups is 2. The molecule has 28 heavy (non-hydrogen) atoms. The van der Waals surface area contributed by atoms with Crippen LogP contribution in [0.25, 0.3) is 11.3 Å². The fourth-order valence-electron chi connectivity index (χ4n) is 3.11. The first-order valence-corrected chi connectivity index (χ1v) is 8.52. The summed E-state index contributed by atoms with van der Waals surface area (Å²) in [5, 5.41) is 4.24. The van der Waals surface area contributed by atoms with Gasteiger partial charge in [0.05, 0.1) is 7.11 Å². The number of hydrogen-bond donors (Lipinski definition) is 2. The molecule has 7 heteroatoms. The number of fused-ring (bicyclic) bond motifs is 1. The molecule has 7 nitrogen and oxygen atoms in total. The van der Waals surface area contributed by atoms with Gasteiger partial charge in [0.2, 0.25) is 0 Å². The number of allylic oxidation sites excluding steroid dienone is 2. The molecule has 0 atom stereocenters. The van der Waals surface area contributed by atoms with Crippen molar-refractivity contribution in [2.45, 2.75) is 6.92 Å². The standard InChI is InChI=1S/C21H16N2O5/c1-11-3-8-16-14(9-11)15(18-19(24)22-21(26)23-20(18)25)10-17(28-16)12-4-6-13(27-2)7-5-12/h3-10H,1-2H3,(H2,22,23,24,25,26). The fourth-order valence-corrected chi connectivity index (χ4v) is 3.11. The van der Waals surface area contributed by atoms with E-state index >= 15 is 0 Å². The minimum absolute atomic E-state index is 0.138. The minimum atomic E-state index is -0.838. The second-order valence-electron chi connectivity index (χ2n) is 6.36. The highest BCUT2D eigenvalue weighted by atomic mass is 16.5. The number of methoxy groups -OCH3 is 1. The second kappa shape index (κ2) is 6.70. The molecule has 2 N–H and O–H groups in total.